The highest BCUT2D eigenvalue weighted by atomic mass is 16.5. The molecule has 0 bridgehead atoms. The fraction of sp³-hybridized carbons (Fsp3) is 0.400. The largest absolute Gasteiger partial charge is 0.497 e. The van der Waals surface area contributed by atoms with Crippen molar-refractivity contribution in [3.05, 3.63) is 35.9 Å². The Morgan fingerprint density at radius 2 is 2.28 bits per heavy atom. The standard InChI is InChI=1S/C15H20O3/c1-3-5-13(16)11-14(17)9-8-12-6-4-7-15(10-12)18-2/h4,6-10,13,16H,3,5,11H2,1-2H3/b9-8+. The molecule has 0 fully saturated rings. The number of ether oxygens (including phenoxy) is 1. The van der Waals surface area contributed by atoms with Crippen molar-refractivity contribution >= 4 is 11.9 Å². The van der Waals surface area contributed by atoms with Crippen LogP contribution in [0.3, 0.4) is 0 Å². The van der Waals surface area contributed by atoms with Gasteiger partial charge in [-0.15, -0.1) is 0 Å². The molecule has 0 saturated heterocycles. The lowest BCUT2D eigenvalue weighted by Gasteiger charge is -2.05. The molecule has 0 amide bonds. The second kappa shape index (κ2) is 7.67. The van der Waals surface area contributed by atoms with Gasteiger partial charge in [0.15, 0.2) is 5.78 Å². The fourth-order valence-corrected chi connectivity index (χ4v) is 1.67. The van der Waals surface area contributed by atoms with Gasteiger partial charge in [-0.25, -0.2) is 0 Å². The van der Waals surface area contributed by atoms with Crippen LogP contribution in [0.15, 0.2) is 30.3 Å². The van der Waals surface area contributed by atoms with Crippen LogP contribution in [0.2, 0.25) is 0 Å². The smallest absolute Gasteiger partial charge is 0.158 e. The van der Waals surface area contributed by atoms with Crippen molar-refractivity contribution in [2.45, 2.75) is 32.3 Å². The van der Waals surface area contributed by atoms with Crippen LogP contribution in [0.4, 0.5) is 0 Å². The molecule has 0 heterocycles. The zero-order valence-corrected chi connectivity index (χ0v) is 10.9. The molecule has 1 aromatic rings. The van der Waals surface area contributed by atoms with Crippen LogP contribution in [-0.4, -0.2) is 24.1 Å². The van der Waals surface area contributed by atoms with E-state index < -0.39 is 6.10 Å². The second-order valence-corrected chi connectivity index (χ2v) is 4.22. The highest BCUT2D eigenvalue weighted by Crippen LogP contribution is 2.14. The van der Waals surface area contributed by atoms with Gasteiger partial charge in [0.25, 0.3) is 0 Å². The third-order valence-corrected chi connectivity index (χ3v) is 2.61. The number of ketones is 1. The molecule has 3 heteroatoms. The van der Waals surface area contributed by atoms with Crippen molar-refractivity contribution < 1.29 is 14.6 Å². The molecule has 1 aromatic carbocycles. The summed E-state index contributed by atoms with van der Waals surface area (Å²) in [5.41, 5.74) is 0.910. The Bertz CT molecular complexity index is 410. The molecule has 98 valence electrons. The molecular formula is C15H20O3. The molecule has 0 spiro atoms. The first kappa shape index (κ1) is 14.5. The van der Waals surface area contributed by atoms with E-state index in [0.717, 1.165) is 17.7 Å². The van der Waals surface area contributed by atoms with Gasteiger partial charge < -0.3 is 9.84 Å². The summed E-state index contributed by atoms with van der Waals surface area (Å²) in [6, 6.07) is 7.47. The molecule has 0 aliphatic rings. The molecule has 1 unspecified atom stereocenters. The zero-order valence-electron chi connectivity index (χ0n) is 10.9. The molecule has 0 saturated carbocycles. The molecule has 0 aliphatic heterocycles. The number of rotatable bonds is 7. The minimum absolute atomic E-state index is 0.0567. The quantitative estimate of drug-likeness (QED) is 0.755. The number of hydrogen-bond donors (Lipinski definition) is 1. The molecule has 18 heavy (non-hydrogen) atoms. The van der Waals surface area contributed by atoms with Gasteiger partial charge in [0, 0.05) is 6.42 Å². The lowest BCUT2D eigenvalue weighted by Crippen LogP contribution is -2.11. The highest BCUT2D eigenvalue weighted by Gasteiger charge is 2.06. The third-order valence-electron chi connectivity index (χ3n) is 2.61. The number of aliphatic hydroxyl groups is 1. The molecule has 1 rings (SSSR count). The number of benzene rings is 1. The van der Waals surface area contributed by atoms with Gasteiger partial charge in [-0.3, -0.25) is 4.79 Å². The Kier molecular flexibility index (Phi) is 6.15. The Balaban J connectivity index is 2.54. The second-order valence-electron chi connectivity index (χ2n) is 4.22. The van der Waals surface area contributed by atoms with Crippen molar-refractivity contribution in [2.24, 2.45) is 0 Å². The summed E-state index contributed by atoms with van der Waals surface area (Å²) in [6.07, 6.45) is 4.45. The van der Waals surface area contributed by atoms with Crippen LogP contribution < -0.4 is 4.74 Å². The fourth-order valence-electron chi connectivity index (χ4n) is 1.67. The third kappa shape index (κ3) is 5.15. The molecule has 0 radical (unpaired) electrons. The minimum atomic E-state index is -0.530. The maximum atomic E-state index is 11.6. The summed E-state index contributed by atoms with van der Waals surface area (Å²) < 4.78 is 5.10. The van der Waals surface area contributed by atoms with E-state index in [2.05, 4.69) is 0 Å². The Morgan fingerprint density at radius 3 is 2.94 bits per heavy atom. The van der Waals surface area contributed by atoms with Crippen LogP contribution in [0.1, 0.15) is 31.7 Å². The summed E-state index contributed by atoms with van der Waals surface area (Å²) in [7, 11) is 1.61. The maximum absolute atomic E-state index is 11.6. The Morgan fingerprint density at radius 1 is 1.50 bits per heavy atom. The van der Waals surface area contributed by atoms with Gasteiger partial charge in [0.05, 0.1) is 13.2 Å². The van der Waals surface area contributed by atoms with E-state index >= 15 is 0 Å². The highest BCUT2D eigenvalue weighted by molar-refractivity contribution is 5.93. The molecule has 3 nitrogen and oxygen atoms in total. The van der Waals surface area contributed by atoms with Crippen molar-refractivity contribution in [2.75, 3.05) is 7.11 Å². The monoisotopic (exact) mass is 248 g/mol. The van der Waals surface area contributed by atoms with Gasteiger partial charge in [-0.05, 0) is 30.2 Å². The number of hydrogen-bond acceptors (Lipinski definition) is 3. The number of carbonyl (C=O) groups is 1. The summed E-state index contributed by atoms with van der Waals surface area (Å²) in [6.45, 7) is 1.99. The van der Waals surface area contributed by atoms with Crippen LogP contribution in [0.5, 0.6) is 5.75 Å². The number of carbonyl (C=O) groups excluding carboxylic acids is 1. The van der Waals surface area contributed by atoms with E-state index in [1.165, 1.54) is 6.08 Å². The van der Waals surface area contributed by atoms with Gasteiger partial charge in [0.2, 0.25) is 0 Å². The first-order valence-electron chi connectivity index (χ1n) is 6.18. The van der Waals surface area contributed by atoms with Gasteiger partial charge in [-0.1, -0.05) is 31.6 Å². The molecule has 0 aromatic heterocycles. The predicted octanol–water partition coefficient (Wildman–Crippen LogP) is 2.83. The summed E-state index contributed by atoms with van der Waals surface area (Å²) in [5, 5.41) is 9.52. The van der Waals surface area contributed by atoms with E-state index in [0.29, 0.717) is 6.42 Å². The summed E-state index contributed by atoms with van der Waals surface area (Å²) >= 11 is 0. The van der Waals surface area contributed by atoms with Crippen molar-refractivity contribution in [3.63, 3.8) is 0 Å². The molecule has 0 aliphatic carbocycles. The van der Waals surface area contributed by atoms with E-state index in [4.69, 9.17) is 4.74 Å². The summed E-state index contributed by atoms with van der Waals surface area (Å²) in [4.78, 5) is 11.6. The average molecular weight is 248 g/mol. The first-order chi connectivity index (χ1) is 8.65. The normalized spacial score (nSPS) is 12.6. The number of allylic oxidation sites excluding steroid dienone is 1. The summed E-state index contributed by atoms with van der Waals surface area (Å²) in [5.74, 6) is 0.703. The van der Waals surface area contributed by atoms with Gasteiger partial charge >= 0.3 is 0 Å². The number of aliphatic hydroxyl groups excluding tert-OH is 1. The van der Waals surface area contributed by atoms with Crippen LogP contribution >= 0.6 is 0 Å². The van der Waals surface area contributed by atoms with E-state index in [1.54, 1.807) is 13.2 Å². The lowest BCUT2D eigenvalue weighted by molar-refractivity contribution is -0.116. The van der Waals surface area contributed by atoms with E-state index in [9.17, 15) is 9.90 Å². The van der Waals surface area contributed by atoms with Crippen LogP contribution in [0.25, 0.3) is 6.08 Å². The molecule has 1 N–H and O–H groups in total. The SMILES string of the molecule is CCCC(O)CC(=O)/C=C/c1cccc(OC)c1. The minimum Gasteiger partial charge on any atom is -0.497 e. The molecular weight excluding hydrogens is 228 g/mol. The molecule has 1 atom stereocenters. The lowest BCUT2D eigenvalue weighted by atomic mass is 10.1. The topological polar surface area (TPSA) is 46.5 Å². The van der Waals surface area contributed by atoms with E-state index in [1.807, 2.05) is 31.2 Å². The van der Waals surface area contributed by atoms with Crippen molar-refractivity contribution in [1.29, 1.82) is 0 Å². The van der Waals surface area contributed by atoms with Crippen molar-refractivity contribution in [1.82, 2.24) is 0 Å². The average Bonchev–Trinajstić information content (AvgIpc) is 2.37. The van der Waals surface area contributed by atoms with Gasteiger partial charge in [-0.2, -0.15) is 0 Å². The first-order valence-corrected chi connectivity index (χ1v) is 6.18. The van der Waals surface area contributed by atoms with E-state index in [-0.39, 0.29) is 12.2 Å². The zero-order chi connectivity index (χ0) is 13.4. The Hall–Kier alpha value is -1.61. The number of methoxy groups -OCH3 is 1. The predicted molar refractivity (Wildman–Crippen MR) is 72.6 cm³/mol. The maximum Gasteiger partial charge on any atom is 0.158 e. The van der Waals surface area contributed by atoms with Crippen LogP contribution in [-0.2, 0) is 4.79 Å². The van der Waals surface area contributed by atoms with Gasteiger partial charge in [0.1, 0.15) is 5.75 Å². The Labute approximate surface area is 108 Å². The van der Waals surface area contributed by atoms with Crippen molar-refractivity contribution in [3.8, 4) is 5.75 Å². The van der Waals surface area contributed by atoms with Crippen LogP contribution in [0, 0.1) is 0 Å².